The van der Waals surface area contributed by atoms with Crippen LogP contribution in [0, 0.1) is 62.1 Å². The van der Waals surface area contributed by atoms with Crippen LogP contribution in [0.25, 0.3) is 0 Å². The molecule has 1 N–H and O–H groups in total. The van der Waals surface area contributed by atoms with E-state index < -0.39 is 27.9 Å². The summed E-state index contributed by atoms with van der Waals surface area (Å²) < 4.78 is 45.0. The quantitative estimate of drug-likeness (QED) is 0.176. The van der Waals surface area contributed by atoms with Crippen molar-refractivity contribution in [2.45, 2.75) is 145 Å². The molecular formula is C53H79FN2O4S. The zero-order valence-electron chi connectivity index (χ0n) is 39.1. The van der Waals surface area contributed by atoms with Gasteiger partial charge in [-0.1, -0.05) is 89.3 Å². The number of rotatable bonds is 11. The van der Waals surface area contributed by atoms with Gasteiger partial charge in [0.25, 0.3) is 0 Å². The fraction of sp³-hybridized carbons (Fsp3) is 0.755. The van der Waals surface area contributed by atoms with Gasteiger partial charge in [-0.15, -0.1) is 0 Å². The van der Waals surface area contributed by atoms with Crippen molar-refractivity contribution in [3.05, 3.63) is 71.3 Å². The van der Waals surface area contributed by atoms with Crippen LogP contribution >= 0.6 is 0 Å². The van der Waals surface area contributed by atoms with E-state index >= 15 is 0 Å². The number of sulfone groups is 1. The molecule has 1 aromatic rings. The maximum Gasteiger partial charge on any atom is 0.315 e. The van der Waals surface area contributed by atoms with Gasteiger partial charge in [-0.3, -0.25) is 9.69 Å². The summed E-state index contributed by atoms with van der Waals surface area (Å²) in [7, 11) is -2.91. The third-order valence-electron chi connectivity index (χ3n) is 19.9. The lowest BCUT2D eigenvalue weighted by Crippen LogP contribution is -2.66. The Morgan fingerprint density at radius 1 is 0.902 bits per heavy atom. The summed E-state index contributed by atoms with van der Waals surface area (Å²) in [6.45, 7) is 27.3. The SMILES string of the molecule is C=C(C)[C@@H]1CC[C@]2(CNCC(C)(C)N3CCS(=O)(=O)CC3)CC[C@]3(C)[C@H](CC[C@@H]4[C@@]5(C)CC=C(C6=CC[C@](CF)(C(=O)OCc7ccccc7)CC6)C(C)(C)[C@@H]5CC[C@]43C)[C@@H]12. The molecular weight excluding hydrogens is 780 g/mol. The standard InChI is InChI=1S/C53H79FN2O4S/c1-37(2)40-19-26-53(36-55-35-47(3,4)56-29-31-61(58,59)32-30-56)28-27-50(8)42(45(40)53)15-16-44-49(7)22-20-41(48(5,6)43(49)21-23-51(44,50)9)39-17-24-52(34-54,25-18-39)46(57)60-33-38-13-11-10-12-14-38/h10-14,17,20,40,42-45,55H,1,15-16,18-19,21-36H2,2-9H3/t40-,42+,43-,44+,45+,49-,50+,51+,52-,53+/m0/s1. The molecule has 10 atom stereocenters. The molecule has 1 aromatic carbocycles. The maximum absolute atomic E-state index is 14.8. The van der Waals surface area contributed by atoms with Crippen molar-refractivity contribution in [1.29, 1.82) is 0 Å². The van der Waals surface area contributed by atoms with Crippen molar-refractivity contribution in [1.82, 2.24) is 10.2 Å². The Labute approximate surface area is 369 Å². The molecule has 8 heteroatoms. The second-order valence-corrected chi connectivity index (χ2v) is 25.9. The van der Waals surface area contributed by atoms with E-state index in [9.17, 15) is 17.6 Å². The first-order valence-corrected chi connectivity index (χ1v) is 26.0. The zero-order valence-corrected chi connectivity index (χ0v) is 40.0. The number of alkyl halides is 1. The monoisotopic (exact) mass is 859 g/mol. The van der Waals surface area contributed by atoms with Gasteiger partial charge in [0, 0.05) is 31.7 Å². The molecule has 5 fully saturated rings. The normalized spacial score (nSPS) is 40.6. The molecule has 338 valence electrons. The Bertz CT molecular complexity index is 2010. The molecule has 7 aliphatic rings. The molecule has 8 rings (SSSR count). The Morgan fingerprint density at radius 2 is 1.62 bits per heavy atom. The Hall–Kier alpha value is -2.29. The number of carbonyl (C=O) groups is 1. The van der Waals surface area contributed by atoms with Crippen LogP contribution in [0.15, 0.2) is 65.8 Å². The summed E-state index contributed by atoms with van der Waals surface area (Å²) in [6.07, 6.45) is 17.7. The fourth-order valence-corrected chi connectivity index (χ4v) is 17.4. The number of benzene rings is 1. The molecule has 1 heterocycles. The molecule has 4 saturated carbocycles. The largest absolute Gasteiger partial charge is 0.460 e. The van der Waals surface area contributed by atoms with Gasteiger partial charge in [-0.2, -0.15) is 0 Å². The highest BCUT2D eigenvalue weighted by atomic mass is 32.2. The van der Waals surface area contributed by atoms with E-state index in [1.165, 1.54) is 68.1 Å². The van der Waals surface area contributed by atoms with E-state index in [4.69, 9.17) is 4.74 Å². The third kappa shape index (κ3) is 7.48. The van der Waals surface area contributed by atoms with E-state index in [-0.39, 0.29) is 50.7 Å². The highest BCUT2D eigenvalue weighted by Crippen LogP contribution is 2.77. The van der Waals surface area contributed by atoms with Gasteiger partial charge in [0.1, 0.15) is 13.3 Å². The van der Waals surface area contributed by atoms with E-state index in [1.807, 2.05) is 30.3 Å². The van der Waals surface area contributed by atoms with Crippen LogP contribution in [0.4, 0.5) is 4.39 Å². The topological polar surface area (TPSA) is 75.7 Å². The molecule has 1 aliphatic heterocycles. The van der Waals surface area contributed by atoms with Gasteiger partial charge >= 0.3 is 5.97 Å². The van der Waals surface area contributed by atoms with E-state index in [0.717, 1.165) is 25.1 Å². The lowest BCUT2D eigenvalue weighted by atomic mass is 9.32. The van der Waals surface area contributed by atoms with Crippen LogP contribution < -0.4 is 5.32 Å². The zero-order chi connectivity index (χ0) is 43.9. The van der Waals surface area contributed by atoms with Crippen LogP contribution in [0.3, 0.4) is 0 Å². The Balaban J connectivity index is 0.991. The smallest absolute Gasteiger partial charge is 0.315 e. The first-order valence-electron chi connectivity index (χ1n) is 24.2. The second kappa shape index (κ2) is 16.0. The number of halogens is 1. The van der Waals surface area contributed by atoms with Crippen molar-refractivity contribution in [2.75, 3.05) is 44.4 Å². The van der Waals surface area contributed by atoms with Crippen LogP contribution in [-0.4, -0.2) is 69.2 Å². The molecule has 0 bridgehead atoms. The number of nitrogens with one attached hydrogen (secondary N) is 1. The lowest BCUT2D eigenvalue weighted by molar-refractivity contribution is -0.226. The van der Waals surface area contributed by atoms with Crippen LogP contribution in [0.1, 0.15) is 138 Å². The predicted molar refractivity (Wildman–Crippen MR) is 246 cm³/mol. The van der Waals surface area contributed by atoms with Gasteiger partial charge in [0.05, 0.1) is 16.9 Å². The molecule has 0 aromatic heterocycles. The van der Waals surface area contributed by atoms with E-state index in [2.05, 4.69) is 84.3 Å². The summed E-state index contributed by atoms with van der Waals surface area (Å²) in [5, 5.41) is 4.04. The van der Waals surface area contributed by atoms with Crippen molar-refractivity contribution in [2.24, 2.45) is 62.1 Å². The Morgan fingerprint density at radius 3 is 2.28 bits per heavy atom. The number of allylic oxidation sites excluding steroid dienone is 5. The van der Waals surface area contributed by atoms with Crippen molar-refractivity contribution >= 4 is 15.8 Å². The van der Waals surface area contributed by atoms with Gasteiger partial charge in [0.2, 0.25) is 0 Å². The number of ether oxygens (including phenoxy) is 1. The molecule has 6 nitrogen and oxygen atoms in total. The highest BCUT2D eigenvalue weighted by molar-refractivity contribution is 7.91. The van der Waals surface area contributed by atoms with E-state index in [1.54, 1.807) is 0 Å². The number of carbonyl (C=O) groups excluding carboxylic acids is 1. The Kier molecular flexibility index (Phi) is 11.9. The number of fused-ring (bicyclic) bond motifs is 7. The predicted octanol–water partition coefficient (Wildman–Crippen LogP) is 11.1. The summed E-state index contributed by atoms with van der Waals surface area (Å²) in [5.41, 5.74) is 4.87. The minimum absolute atomic E-state index is 0.0123. The summed E-state index contributed by atoms with van der Waals surface area (Å²) in [6, 6.07) is 9.68. The molecule has 6 aliphatic carbocycles. The van der Waals surface area contributed by atoms with Gasteiger partial charge in [0.15, 0.2) is 9.84 Å². The summed E-state index contributed by atoms with van der Waals surface area (Å²) in [4.78, 5) is 15.8. The third-order valence-corrected chi connectivity index (χ3v) is 21.5. The maximum atomic E-state index is 14.8. The molecule has 0 radical (unpaired) electrons. The van der Waals surface area contributed by atoms with Crippen molar-refractivity contribution in [3.63, 3.8) is 0 Å². The lowest BCUT2D eigenvalue weighted by Gasteiger charge is -2.72. The molecule has 1 saturated heterocycles. The second-order valence-electron chi connectivity index (χ2n) is 23.6. The number of hydrogen-bond acceptors (Lipinski definition) is 6. The minimum atomic E-state index is -2.91. The number of esters is 1. The fourth-order valence-electron chi connectivity index (χ4n) is 16.2. The number of nitrogens with zero attached hydrogens (tertiary/aromatic N) is 1. The molecule has 0 unspecified atom stereocenters. The minimum Gasteiger partial charge on any atom is -0.460 e. The van der Waals surface area contributed by atoms with Gasteiger partial charge in [-0.25, -0.2) is 12.8 Å². The van der Waals surface area contributed by atoms with Gasteiger partial charge < -0.3 is 10.1 Å². The van der Waals surface area contributed by atoms with Crippen molar-refractivity contribution < 1.29 is 22.3 Å². The first-order chi connectivity index (χ1) is 28.7. The average molecular weight is 859 g/mol. The van der Waals surface area contributed by atoms with E-state index in [0.29, 0.717) is 61.9 Å². The van der Waals surface area contributed by atoms with Crippen LogP contribution in [0.2, 0.25) is 0 Å². The number of hydrogen-bond donors (Lipinski definition) is 1. The first kappa shape index (κ1) is 45.3. The summed E-state index contributed by atoms with van der Waals surface area (Å²) >= 11 is 0. The average Bonchev–Trinajstić information content (AvgIpc) is 3.60. The van der Waals surface area contributed by atoms with Crippen molar-refractivity contribution in [3.8, 4) is 0 Å². The summed E-state index contributed by atoms with van der Waals surface area (Å²) in [5.74, 6) is 3.25. The molecule has 61 heavy (non-hydrogen) atoms. The molecule has 0 spiro atoms. The van der Waals surface area contributed by atoms with Gasteiger partial charge in [-0.05, 0) is 171 Å². The highest BCUT2D eigenvalue weighted by Gasteiger charge is 2.70. The van der Waals surface area contributed by atoms with Crippen LogP contribution in [0.5, 0.6) is 0 Å². The molecule has 0 amide bonds. The van der Waals surface area contributed by atoms with Crippen LogP contribution in [-0.2, 0) is 26.0 Å².